The zero-order valence-corrected chi connectivity index (χ0v) is 29.9. The Balaban J connectivity index is 1.35. The molecule has 2 N–H and O–H groups in total. The predicted octanol–water partition coefficient (Wildman–Crippen LogP) is 7.77. The molecule has 6 rings (SSSR count). The van der Waals surface area contributed by atoms with Gasteiger partial charge >= 0.3 is 18.1 Å². The van der Waals surface area contributed by atoms with Gasteiger partial charge in [0.2, 0.25) is 0 Å². The molecular formula is C38H51F5O7. The highest BCUT2D eigenvalue weighted by molar-refractivity contribution is 5.71. The predicted molar refractivity (Wildman–Crippen MR) is 173 cm³/mol. The highest BCUT2D eigenvalue weighted by atomic mass is 19.4. The summed E-state index contributed by atoms with van der Waals surface area (Å²) in [5, 5.41) is 23.9. The van der Waals surface area contributed by atoms with Gasteiger partial charge in [0.25, 0.3) is 0 Å². The van der Waals surface area contributed by atoms with Gasteiger partial charge in [-0.3, -0.25) is 0 Å². The van der Waals surface area contributed by atoms with Gasteiger partial charge in [-0.2, -0.15) is 22.0 Å². The lowest BCUT2D eigenvalue weighted by atomic mass is 9.49. The second-order valence-electron chi connectivity index (χ2n) is 17.5. The van der Waals surface area contributed by atoms with Crippen molar-refractivity contribution in [1.82, 2.24) is 0 Å². The minimum atomic E-state index is -5.92. The molecule has 6 atom stereocenters. The standard InChI is InChI=1S/C38H51F5O7/c1-31(2,3)50-29(44)19-47-18-23-7-9-24(10-8-23)26-17-33(6)27(13-16-36(33,46)37(39,40)38(41,42)43)25-11-14-34(45)20-35(15-12-28(34)30(25)26)48-21-32(4,5)22-49-35/h7-10,25-27,45-46H,11-22H2,1-6H3/t25?,26-,27?,33?,34?,36+/m1/s1. The maximum atomic E-state index is 15.4. The van der Waals surface area contributed by atoms with Crippen LogP contribution in [0.2, 0.25) is 0 Å². The number of benzene rings is 1. The van der Waals surface area contributed by atoms with E-state index >= 15 is 8.78 Å². The molecule has 0 amide bonds. The summed E-state index contributed by atoms with van der Waals surface area (Å²) in [6, 6.07) is 7.16. The van der Waals surface area contributed by atoms with Crippen LogP contribution in [-0.2, 0) is 30.3 Å². The van der Waals surface area contributed by atoms with Crippen molar-refractivity contribution in [3.05, 3.63) is 46.5 Å². The van der Waals surface area contributed by atoms with E-state index in [-0.39, 0.29) is 44.3 Å². The van der Waals surface area contributed by atoms with Crippen molar-refractivity contribution in [1.29, 1.82) is 0 Å². The van der Waals surface area contributed by atoms with E-state index in [4.69, 9.17) is 18.9 Å². The van der Waals surface area contributed by atoms with Crippen molar-refractivity contribution in [2.45, 2.75) is 140 Å². The summed E-state index contributed by atoms with van der Waals surface area (Å²) in [5.74, 6) is -8.44. The molecule has 1 heterocycles. The summed E-state index contributed by atoms with van der Waals surface area (Å²) in [4.78, 5) is 12.1. The molecule has 7 nitrogen and oxygen atoms in total. The summed E-state index contributed by atoms with van der Waals surface area (Å²) in [7, 11) is 0. The lowest BCUT2D eigenvalue weighted by Crippen LogP contribution is -2.65. The summed E-state index contributed by atoms with van der Waals surface area (Å²) in [6.45, 7) is 11.5. The largest absolute Gasteiger partial charge is 0.458 e. The molecule has 280 valence electrons. The minimum absolute atomic E-state index is 0.0183. The van der Waals surface area contributed by atoms with Crippen LogP contribution in [0, 0.1) is 22.7 Å². The third-order valence-corrected chi connectivity index (χ3v) is 12.2. The first-order chi connectivity index (χ1) is 23.0. The lowest BCUT2D eigenvalue weighted by Gasteiger charge is -2.59. The number of rotatable bonds is 6. The zero-order valence-electron chi connectivity index (χ0n) is 29.9. The zero-order chi connectivity index (χ0) is 36.8. The number of carbonyl (C=O) groups excluding carboxylic acids is 1. The number of hydrogen-bond donors (Lipinski definition) is 2. The van der Waals surface area contributed by atoms with Gasteiger partial charge in [-0.15, -0.1) is 0 Å². The van der Waals surface area contributed by atoms with Gasteiger partial charge < -0.3 is 29.2 Å². The monoisotopic (exact) mass is 714 g/mol. The van der Waals surface area contributed by atoms with E-state index in [0.717, 1.165) is 16.7 Å². The van der Waals surface area contributed by atoms with Crippen molar-refractivity contribution in [2.75, 3.05) is 19.8 Å². The van der Waals surface area contributed by atoms with E-state index in [9.17, 15) is 28.2 Å². The first-order valence-corrected chi connectivity index (χ1v) is 17.7. The molecule has 1 aromatic carbocycles. The number of fused-ring (bicyclic) bond motifs is 4. The Morgan fingerprint density at radius 2 is 1.58 bits per heavy atom. The van der Waals surface area contributed by atoms with Gasteiger partial charge in [0.15, 0.2) is 5.79 Å². The molecule has 1 aromatic rings. The van der Waals surface area contributed by atoms with Crippen molar-refractivity contribution in [2.24, 2.45) is 22.7 Å². The van der Waals surface area contributed by atoms with Crippen LogP contribution >= 0.6 is 0 Å². The topological polar surface area (TPSA) is 94.5 Å². The number of carbonyl (C=O) groups is 1. The van der Waals surface area contributed by atoms with Crippen LogP contribution < -0.4 is 0 Å². The quantitative estimate of drug-likeness (QED) is 0.177. The molecule has 0 aromatic heterocycles. The molecule has 3 saturated carbocycles. The number of esters is 1. The van der Waals surface area contributed by atoms with E-state index < -0.39 is 70.2 Å². The third-order valence-electron chi connectivity index (χ3n) is 12.2. The molecular weight excluding hydrogens is 663 g/mol. The average Bonchev–Trinajstić information content (AvgIpc) is 3.28. The van der Waals surface area contributed by atoms with E-state index in [0.29, 0.717) is 38.0 Å². The lowest BCUT2D eigenvalue weighted by molar-refractivity contribution is -0.362. The van der Waals surface area contributed by atoms with Gasteiger partial charge in [0.1, 0.15) is 17.8 Å². The number of hydrogen-bond acceptors (Lipinski definition) is 7. The Morgan fingerprint density at radius 1 is 0.940 bits per heavy atom. The summed E-state index contributed by atoms with van der Waals surface area (Å²) in [6.07, 6.45) is -4.94. The van der Waals surface area contributed by atoms with E-state index in [1.54, 1.807) is 45.0 Å². The van der Waals surface area contributed by atoms with Crippen LogP contribution in [0.1, 0.15) is 110 Å². The molecule has 4 fully saturated rings. The van der Waals surface area contributed by atoms with Crippen LogP contribution in [0.25, 0.3) is 0 Å². The fraction of sp³-hybridized carbons (Fsp3) is 0.763. The Morgan fingerprint density at radius 3 is 2.18 bits per heavy atom. The molecule has 1 spiro atoms. The van der Waals surface area contributed by atoms with Crippen molar-refractivity contribution in [3.63, 3.8) is 0 Å². The van der Waals surface area contributed by atoms with Crippen molar-refractivity contribution in [3.8, 4) is 0 Å². The van der Waals surface area contributed by atoms with E-state index in [1.165, 1.54) is 6.92 Å². The highest BCUT2D eigenvalue weighted by Gasteiger charge is 2.79. The fourth-order valence-corrected chi connectivity index (χ4v) is 9.78. The summed E-state index contributed by atoms with van der Waals surface area (Å²) < 4.78 is 96.1. The van der Waals surface area contributed by atoms with Crippen LogP contribution in [-0.4, -0.2) is 70.7 Å². The Hall–Kier alpha value is -2.12. The van der Waals surface area contributed by atoms with Crippen molar-refractivity contribution >= 4 is 5.97 Å². The Kier molecular flexibility index (Phi) is 9.19. The van der Waals surface area contributed by atoms with E-state index in [1.807, 2.05) is 13.8 Å². The van der Waals surface area contributed by atoms with Gasteiger partial charge in [-0.1, -0.05) is 50.6 Å². The average molecular weight is 715 g/mol. The highest BCUT2D eigenvalue weighted by Crippen LogP contribution is 2.71. The Bertz CT molecular complexity index is 1490. The molecule has 0 radical (unpaired) electrons. The second kappa shape index (κ2) is 12.2. The van der Waals surface area contributed by atoms with Gasteiger partial charge in [-0.25, -0.2) is 4.79 Å². The number of ether oxygens (including phenoxy) is 4. The summed E-state index contributed by atoms with van der Waals surface area (Å²) >= 11 is 0. The van der Waals surface area contributed by atoms with Gasteiger partial charge in [0.05, 0.1) is 25.4 Å². The number of aliphatic hydroxyl groups is 2. The molecule has 0 bridgehead atoms. The Labute approximate surface area is 290 Å². The van der Waals surface area contributed by atoms with E-state index in [2.05, 4.69) is 0 Å². The smallest absolute Gasteiger partial charge is 0.456 e. The maximum Gasteiger partial charge on any atom is 0.456 e. The van der Waals surface area contributed by atoms with Gasteiger partial charge in [-0.05, 0) is 87.8 Å². The van der Waals surface area contributed by atoms with Gasteiger partial charge in [0, 0.05) is 29.6 Å². The van der Waals surface area contributed by atoms with Crippen molar-refractivity contribution < 1.29 is 55.9 Å². The van der Waals surface area contributed by atoms with Crippen LogP contribution in [0.3, 0.4) is 0 Å². The molecule has 12 heteroatoms. The summed E-state index contributed by atoms with van der Waals surface area (Å²) in [5.41, 5.74) is -4.09. The third kappa shape index (κ3) is 6.32. The second-order valence-corrected chi connectivity index (χ2v) is 17.5. The molecule has 1 saturated heterocycles. The fourth-order valence-electron chi connectivity index (χ4n) is 9.78. The number of allylic oxidation sites excluding steroid dienone is 1. The number of alkyl halides is 5. The first-order valence-electron chi connectivity index (χ1n) is 17.7. The van der Waals surface area contributed by atoms with Crippen LogP contribution in [0.15, 0.2) is 35.4 Å². The minimum Gasteiger partial charge on any atom is -0.458 e. The SMILES string of the molecule is CC1(C)COC2(CCC3=C4C(CCC3(O)C2)C2CC[C@@](O)(C(F)(F)C(F)(F)F)C2(C)C[C@@H]4c2ccc(COCC(=O)OC(C)(C)C)cc2)OC1. The molecule has 4 aliphatic carbocycles. The first kappa shape index (κ1) is 37.6. The molecule has 5 aliphatic rings. The maximum absolute atomic E-state index is 15.4. The van der Waals surface area contributed by atoms with Crippen LogP contribution in [0.4, 0.5) is 22.0 Å². The normalized spacial score (nSPS) is 35.3. The number of halogens is 5. The molecule has 1 aliphatic heterocycles. The van der Waals surface area contributed by atoms with Crippen LogP contribution in [0.5, 0.6) is 0 Å². The molecule has 4 unspecified atom stereocenters. The molecule has 50 heavy (non-hydrogen) atoms.